The Morgan fingerprint density at radius 2 is 2.32 bits per heavy atom. The lowest BCUT2D eigenvalue weighted by Crippen LogP contribution is -2.42. The molecule has 1 saturated carbocycles. The van der Waals surface area contributed by atoms with E-state index in [0.29, 0.717) is 18.2 Å². The van der Waals surface area contributed by atoms with E-state index in [1.807, 2.05) is 11.4 Å². The number of amides is 1. The van der Waals surface area contributed by atoms with Gasteiger partial charge in [0.1, 0.15) is 10.8 Å². The minimum Gasteiger partial charge on any atom is -0.351 e. The average Bonchev–Trinajstić information content (AvgIpc) is 3.24. The van der Waals surface area contributed by atoms with Gasteiger partial charge < -0.3 is 11.1 Å². The van der Waals surface area contributed by atoms with Crippen molar-refractivity contribution < 1.29 is 9.18 Å². The minimum atomic E-state index is -0.290. The van der Waals surface area contributed by atoms with Crippen LogP contribution in [0.4, 0.5) is 4.39 Å². The van der Waals surface area contributed by atoms with Crippen molar-refractivity contribution in [3.63, 3.8) is 0 Å². The highest BCUT2D eigenvalue weighted by molar-refractivity contribution is 7.13. The second kappa shape index (κ2) is 6.54. The van der Waals surface area contributed by atoms with Gasteiger partial charge in [0.2, 0.25) is 5.91 Å². The molecular weight excluding hydrogens is 301 g/mol. The molecule has 4 nitrogen and oxygen atoms in total. The highest BCUT2D eigenvalue weighted by atomic mass is 32.1. The molecule has 1 aromatic carbocycles. The van der Waals surface area contributed by atoms with Gasteiger partial charge in [-0.1, -0.05) is 12.1 Å². The lowest BCUT2D eigenvalue weighted by Gasteiger charge is -2.15. The molecule has 1 aromatic heterocycles. The monoisotopic (exact) mass is 319 g/mol. The van der Waals surface area contributed by atoms with Gasteiger partial charge in [-0.05, 0) is 30.9 Å². The van der Waals surface area contributed by atoms with Crippen molar-refractivity contribution in [2.24, 2.45) is 11.7 Å². The number of thiazole rings is 1. The van der Waals surface area contributed by atoms with Gasteiger partial charge in [-0.3, -0.25) is 4.79 Å². The maximum Gasteiger partial charge on any atom is 0.226 e. The van der Waals surface area contributed by atoms with E-state index in [1.165, 1.54) is 23.5 Å². The summed E-state index contributed by atoms with van der Waals surface area (Å²) in [6.45, 7) is 0.474. The van der Waals surface area contributed by atoms with Crippen LogP contribution in [0.25, 0.3) is 10.6 Å². The van der Waals surface area contributed by atoms with E-state index in [0.717, 1.165) is 23.4 Å². The average molecular weight is 319 g/mol. The summed E-state index contributed by atoms with van der Waals surface area (Å²) in [5, 5.41) is 5.54. The lowest BCUT2D eigenvalue weighted by molar-refractivity contribution is -0.121. The molecule has 6 heteroatoms. The number of aromatic nitrogens is 1. The van der Waals surface area contributed by atoms with Crippen molar-refractivity contribution in [1.29, 1.82) is 0 Å². The minimum absolute atomic E-state index is 0.0570. The molecule has 0 radical (unpaired) electrons. The Bertz CT molecular complexity index is 669. The fourth-order valence-corrected chi connectivity index (χ4v) is 3.25. The van der Waals surface area contributed by atoms with Crippen molar-refractivity contribution in [2.45, 2.75) is 25.3 Å². The van der Waals surface area contributed by atoms with Crippen LogP contribution in [0.1, 0.15) is 18.5 Å². The molecule has 22 heavy (non-hydrogen) atoms. The normalized spacial score (nSPS) is 15.5. The Kier molecular flexibility index (Phi) is 4.49. The fraction of sp³-hybridized carbons (Fsp3) is 0.375. The predicted molar refractivity (Wildman–Crippen MR) is 84.9 cm³/mol. The first-order valence-corrected chi connectivity index (χ1v) is 8.23. The molecule has 1 aliphatic carbocycles. The number of nitrogens with two attached hydrogens (primary N) is 1. The van der Waals surface area contributed by atoms with Crippen molar-refractivity contribution >= 4 is 17.2 Å². The molecule has 1 aliphatic rings. The molecule has 0 spiro atoms. The molecule has 3 N–H and O–H groups in total. The first-order chi connectivity index (χ1) is 10.7. The second-order valence-corrected chi connectivity index (χ2v) is 6.44. The van der Waals surface area contributed by atoms with Crippen molar-refractivity contribution in [3.05, 3.63) is 41.2 Å². The van der Waals surface area contributed by atoms with Crippen molar-refractivity contribution in [2.75, 3.05) is 6.54 Å². The van der Waals surface area contributed by atoms with Crippen LogP contribution in [0.3, 0.4) is 0 Å². The number of benzene rings is 1. The zero-order chi connectivity index (χ0) is 15.5. The van der Waals surface area contributed by atoms with E-state index in [4.69, 9.17) is 5.73 Å². The summed E-state index contributed by atoms with van der Waals surface area (Å²) < 4.78 is 13.2. The van der Waals surface area contributed by atoms with E-state index in [1.54, 1.807) is 6.07 Å². The number of carbonyl (C=O) groups is 1. The van der Waals surface area contributed by atoms with E-state index in [9.17, 15) is 9.18 Å². The van der Waals surface area contributed by atoms with Gasteiger partial charge in [-0.2, -0.15) is 0 Å². The van der Waals surface area contributed by atoms with Crippen LogP contribution in [0.5, 0.6) is 0 Å². The lowest BCUT2D eigenvalue weighted by atomic mass is 10.2. The summed E-state index contributed by atoms with van der Waals surface area (Å²) in [4.78, 5) is 16.5. The third-order valence-corrected chi connectivity index (χ3v) is 4.70. The third-order valence-electron chi connectivity index (χ3n) is 3.76. The van der Waals surface area contributed by atoms with Crippen molar-refractivity contribution in [1.82, 2.24) is 10.3 Å². The number of rotatable bonds is 6. The van der Waals surface area contributed by atoms with E-state index in [2.05, 4.69) is 10.3 Å². The summed E-state index contributed by atoms with van der Waals surface area (Å²) in [6.07, 6.45) is 2.51. The van der Waals surface area contributed by atoms with Gasteiger partial charge in [0, 0.05) is 23.5 Å². The first-order valence-electron chi connectivity index (χ1n) is 7.35. The Balaban J connectivity index is 1.62. The van der Waals surface area contributed by atoms with Crippen LogP contribution in [-0.4, -0.2) is 23.5 Å². The molecule has 1 atom stereocenters. The Labute approximate surface area is 132 Å². The molecule has 3 rings (SSSR count). The number of nitrogens with one attached hydrogen (secondary N) is 1. The van der Waals surface area contributed by atoms with Crippen LogP contribution in [0.2, 0.25) is 0 Å². The maximum atomic E-state index is 13.2. The van der Waals surface area contributed by atoms with Gasteiger partial charge >= 0.3 is 0 Å². The van der Waals surface area contributed by atoms with Gasteiger partial charge in [0.15, 0.2) is 0 Å². The van der Waals surface area contributed by atoms with Crippen LogP contribution < -0.4 is 11.1 Å². The molecule has 1 heterocycles. The Morgan fingerprint density at radius 3 is 3.00 bits per heavy atom. The molecule has 0 bridgehead atoms. The highest BCUT2D eigenvalue weighted by Crippen LogP contribution is 2.32. The maximum absolute atomic E-state index is 13.2. The largest absolute Gasteiger partial charge is 0.351 e. The van der Waals surface area contributed by atoms with Gasteiger partial charge in [-0.25, -0.2) is 9.37 Å². The molecule has 1 unspecified atom stereocenters. The molecule has 1 fully saturated rings. The highest BCUT2D eigenvalue weighted by Gasteiger charge is 2.31. The molecular formula is C16H18FN3OS. The summed E-state index contributed by atoms with van der Waals surface area (Å²) in [7, 11) is 0. The van der Waals surface area contributed by atoms with Crippen LogP contribution in [-0.2, 0) is 11.2 Å². The van der Waals surface area contributed by atoms with E-state index < -0.39 is 0 Å². The summed E-state index contributed by atoms with van der Waals surface area (Å²) in [5.41, 5.74) is 7.12. The number of nitrogens with zero attached hydrogens (tertiary/aromatic N) is 1. The Hall–Kier alpha value is -1.79. The summed E-state index contributed by atoms with van der Waals surface area (Å²) >= 11 is 1.41. The molecule has 1 amide bonds. The zero-order valence-corrected chi connectivity index (χ0v) is 12.9. The van der Waals surface area contributed by atoms with Crippen molar-refractivity contribution in [3.8, 4) is 10.6 Å². The third kappa shape index (κ3) is 3.69. The smallest absolute Gasteiger partial charge is 0.226 e. The molecule has 116 valence electrons. The molecule has 0 aliphatic heterocycles. The summed E-state index contributed by atoms with van der Waals surface area (Å²) in [5.74, 6) is 0.188. The van der Waals surface area contributed by atoms with Gasteiger partial charge in [0.05, 0.1) is 12.1 Å². The fourth-order valence-electron chi connectivity index (χ4n) is 2.43. The number of halogens is 1. The topological polar surface area (TPSA) is 68.0 Å². The number of carbonyl (C=O) groups excluding carboxylic acids is 1. The van der Waals surface area contributed by atoms with E-state index >= 15 is 0 Å². The Morgan fingerprint density at radius 1 is 1.50 bits per heavy atom. The quantitative estimate of drug-likeness (QED) is 0.859. The van der Waals surface area contributed by atoms with Gasteiger partial charge in [-0.15, -0.1) is 11.3 Å². The standard InChI is InChI=1S/C16H18FN3OS/c17-12-3-1-2-11(6-12)16-19-13(9-22-16)7-15(21)20-14(8-18)10-4-5-10/h1-3,6,9-10,14H,4-5,7-8,18H2,(H,20,21). The first kappa shape index (κ1) is 15.1. The van der Waals surface area contributed by atoms with E-state index in [-0.39, 0.29) is 24.2 Å². The number of hydrogen-bond acceptors (Lipinski definition) is 4. The van der Waals surface area contributed by atoms with Gasteiger partial charge in [0.25, 0.3) is 0 Å². The number of hydrogen-bond donors (Lipinski definition) is 2. The predicted octanol–water partition coefficient (Wildman–Crippen LogP) is 2.35. The second-order valence-electron chi connectivity index (χ2n) is 5.58. The SMILES string of the molecule is NCC(NC(=O)Cc1csc(-c2cccc(F)c2)n1)C1CC1. The van der Waals surface area contributed by atoms with Crippen LogP contribution in [0, 0.1) is 11.7 Å². The van der Waals surface area contributed by atoms with Crippen LogP contribution >= 0.6 is 11.3 Å². The van der Waals surface area contributed by atoms with Crippen LogP contribution in [0.15, 0.2) is 29.6 Å². The summed E-state index contributed by atoms with van der Waals surface area (Å²) in [6, 6.07) is 6.38. The zero-order valence-electron chi connectivity index (χ0n) is 12.1. The molecule has 2 aromatic rings. The molecule has 0 saturated heterocycles.